The first-order valence-electron chi connectivity index (χ1n) is 5.25. The van der Waals surface area contributed by atoms with Crippen molar-refractivity contribution in [3.05, 3.63) is 11.4 Å². The standard InChI is InChI=1S/C10H17N3/c1-13-10-8-6-4-2-3-5-7-9(10)11-12-13/h2-8H2,1H3. The Morgan fingerprint density at radius 3 is 2.54 bits per heavy atom. The van der Waals surface area contributed by atoms with E-state index in [1.165, 1.54) is 49.9 Å². The van der Waals surface area contributed by atoms with E-state index in [2.05, 4.69) is 10.3 Å². The summed E-state index contributed by atoms with van der Waals surface area (Å²) in [5.74, 6) is 0. The molecule has 13 heavy (non-hydrogen) atoms. The average molecular weight is 179 g/mol. The fourth-order valence-corrected chi connectivity index (χ4v) is 2.04. The highest BCUT2D eigenvalue weighted by Crippen LogP contribution is 2.16. The average Bonchev–Trinajstić information content (AvgIpc) is 2.51. The highest BCUT2D eigenvalue weighted by molar-refractivity contribution is 5.10. The van der Waals surface area contributed by atoms with Gasteiger partial charge in [0.2, 0.25) is 0 Å². The molecule has 0 atom stereocenters. The Bertz CT molecular complexity index is 278. The van der Waals surface area contributed by atoms with Crippen LogP contribution in [0.4, 0.5) is 0 Å². The highest BCUT2D eigenvalue weighted by atomic mass is 15.4. The molecular formula is C10H17N3. The number of hydrogen-bond acceptors (Lipinski definition) is 2. The smallest absolute Gasteiger partial charge is 0.0859 e. The summed E-state index contributed by atoms with van der Waals surface area (Å²) < 4.78 is 1.95. The Hall–Kier alpha value is -0.860. The molecule has 72 valence electrons. The van der Waals surface area contributed by atoms with E-state index >= 15 is 0 Å². The van der Waals surface area contributed by atoms with Crippen LogP contribution >= 0.6 is 0 Å². The summed E-state index contributed by atoms with van der Waals surface area (Å²) in [5.41, 5.74) is 2.60. The number of aromatic nitrogens is 3. The van der Waals surface area contributed by atoms with Crippen molar-refractivity contribution in [3.63, 3.8) is 0 Å². The van der Waals surface area contributed by atoms with Gasteiger partial charge in [0, 0.05) is 7.05 Å². The van der Waals surface area contributed by atoms with Gasteiger partial charge in [-0.15, -0.1) is 5.10 Å². The third-order valence-corrected chi connectivity index (χ3v) is 2.85. The second-order valence-electron chi connectivity index (χ2n) is 3.87. The van der Waals surface area contributed by atoms with Crippen LogP contribution < -0.4 is 0 Å². The molecule has 1 aromatic heterocycles. The monoisotopic (exact) mass is 179 g/mol. The molecule has 1 aliphatic carbocycles. The molecule has 0 spiro atoms. The van der Waals surface area contributed by atoms with E-state index in [0.29, 0.717) is 0 Å². The molecular weight excluding hydrogens is 162 g/mol. The van der Waals surface area contributed by atoms with E-state index in [1.54, 1.807) is 0 Å². The van der Waals surface area contributed by atoms with E-state index in [4.69, 9.17) is 0 Å². The van der Waals surface area contributed by atoms with Crippen LogP contribution in [0.3, 0.4) is 0 Å². The molecule has 0 radical (unpaired) electrons. The van der Waals surface area contributed by atoms with Gasteiger partial charge in [0.1, 0.15) is 0 Å². The summed E-state index contributed by atoms with van der Waals surface area (Å²) in [7, 11) is 2.00. The lowest BCUT2D eigenvalue weighted by atomic mass is 10.1. The summed E-state index contributed by atoms with van der Waals surface area (Å²) in [6, 6.07) is 0. The Morgan fingerprint density at radius 1 is 1.00 bits per heavy atom. The Kier molecular flexibility index (Phi) is 2.62. The molecule has 0 N–H and O–H groups in total. The van der Waals surface area contributed by atoms with Crippen LogP contribution in [0.25, 0.3) is 0 Å². The van der Waals surface area contributed by atoms with E-state index in [-0.39, 0.29) is 0 Å². The maximum atomic E-state index is 4.21. The Balaban J connectivity index is 2.19. The predicted octanol–water partition coefficient (Wildman–Crippen LogP) is 1.86. The molecule has 2 rings (SSSR count). The highest BCUT2D eigenvalue weighted by Gasteiger charge is 2.11. The van der Waals surface area contributed by atoms with Gasteiger partial charge in [0.25, 0.3) is 0 Å². The van der Waals surface area contributed by atoms with Gasteiger partial charge in [-0.3, -0.25) is 4.68 Å². The summed E-state index contributed by atoms with van der Waals surface area (Å²) in [6.45, 7) is 0. The van der Waals surface area contributed by atoms with Gasteiger partial charge in [-0.25, -0.2) is 0 Å². The molecule has 0 unspecified atom stereocenters. The van der Waals surface area contributed by atoms with Crippen LogP contribution in [-0.2, 0) is 19.9 Å². The van der Waals surface area contributed by atoms with Crippen LogP contribution in [-0.4, -0.2) is 15.0 Å². The molecule has 3 heteroatoms. The van der Waals surface area contributed by atoms with Gasteiger partial charge < -0.3 is 0 Å². The Labute approximate surface area is 79.1 Å². The third-order valence-electron chi connectivity index (χ3n) is 2.85. The molecule has 3 nitrogen and oxygen atoms in total. The van der Waals surface area contributed by atoms with E-state index in [0.717, 1.165) is 6.42 Å². The number of rotatable bonds is 0. The first kappa shape index (κ1) is 8.73. The lowest BCUT2D eigenvalue weighted by molar-refractivity contribution is 0.604. The van der Waals surface area contributed by atoms with Crippen molar-refractivity contribution >= 4 is 0 Å². The molecule has 0 amide bonds. The number of fused-ring (bicyclic) bond motifs is 1. The van der Waals surface area contributed by atoms with Gasteiger partial charge in [0.15, 0.2) is 0 Å². The summed E-state index contributed by atoms with van der Waals surface area (Å²) in [4.78, 5) is 0. The summed E-state index contributed by atoms with van der Waals surface area (Å²) in [5, 5.41) is 8.29. The molecule has 0 saturated carbocycles. The molecule has 0 fully saturated rings. The number of aryl methyl sites for hydroxylation is 2. The zero-order valence-electron chi connectivity index (χ0n) is 8.29. The molecule has 1 aromatic rings. The topological polar surface area (TPSA) is 30.7 Å². The predicted molar refractivity (Wildman–Crippen MR) is 51.5 cm³/mol. The zero-order valence-corrected chi connectivity index (χ0v) is 8.29. The van der Waals surface area contributed by atoms with Gasteiger partial charge in [-0.05, 0) is 25.7 Å². The quantitative estimate of drug-likeness (QED) is 0.608. The van der Waals surface area contributed by atoms with Crippen LogP contribution in [0.1, 0.15) is 43.5 Å². The minimum absolute atomic E-state index is 1.13. The van der Waals surface area contributed by atoms with Crippen molar-refractivity contribution in [2.24, 2.45) is 7.05 Å². The van der Waals surface area contributed by atoms with E-state index in [9.17, 15) is 0 Å². The van der Waals surface area contributed by atoms with Gasteiger partial charge in [-0.1, -0.05) is 24.5 Å². The minimum Gasteiger partial charge on any atom is -0.252 e. The van der Waals surface area contributed by atoms with Crippen LogP contribution in [0.15, 0.2) is 0 Å². The molecule has 0 aromatic carbocycles. The SMILES string of the molecule is Cn1nnc2c1CCCCCCC2. The first-order valence-corrected chi connectivity index (χ1v) is 5.25. The third kappa shape index (κ3) is 1.90. The Morgan fingerprint density at radius 2 is 1.69 bits per heavy atom. The van der Waals surface area contributed by atoms with Crippen LogP contribution in [0, 0.1) is 0 Å². The van der Waals surface area contributed by atoms with Crippen molar-refractivity contribution < 1.29 is 0 Å². The maximum absolute atomic E-state index is 4.21. The van der Waals surface area contributed by atoms with Crippen molar-refractivity contribution in [3.8, 4) is 0 Å². The molecule has 0 saturated heterocycles. The lowest BCUT2D eigenvalue weighted by Gasteiger charge is -2.00. The van der Waals surface area contributed by atoms with Crippen LogP contribution in [0.2, 0.25) is 0 Å². The van der Waals surface area contributed by atoms with Crippen molar-refractivity contribution in [1.82, 2.24) is 15.0 Å². The summed E-state index contributed by atoms with van der Waals surface area (Å²) in [6.07, 6.45) is 8.99. The molecule has 1 heterocycles. The normalized spacial score (nSPS) is 18.5. The van der Waals surface area contributed by atoms with Gasteiger partial charge >= 0.3 is 0 Å². The minimum atomic E-state index is 1.13. The number of hydrogen-bond donors (Lipinski definition) is 0. The molecule has 0 aliphatic heterocycles. The zero-order chi connectivity index (χ0) is 9.10. The van der Waals surface area contributed by atoms with Crippen molar-refractivity contribution in [1.29, 1.82) is 0 Å². The van der Waals surface area contributed by atoms with Gasteiger partial charge in [0.05, 0.1) is 11.4 Å². The molecule has 1 aliphatic rings. The fourth-order valence-electron chi connectivity index (χ4n) is 2.04. The lowest BCUT2D eigenvalue weighted by Crippen LogP contribution is -2.00. The second kappa shape index (κ2) is 3.90. The summed E-state index contributed by atoms with van der Waals surface area (Å²) >= 11 is 0. The first-order chi connectivity index (χ1) is 6.38. The van der Waals surface area contributed by atoms with E-state index < -0.39 is 0 Å². The number of nitrogens with zero attached hydrogens (tertiary/aromatic N) is 3. The van der Waals surface area contributed by atoms with Crippen molar-refractivity contribution in [2.75, 3.05) is 0 Å². The van der Waals surface area contributed by atoms with Crippen LogP contribution in [0.5, 0.6) is 0 Å². The largest absolute Gasteiger partial charge is 0.252 e. The van der Waals surface area contributed by atoms with Crippen molar-refractivity contribution in [2.45, 2.75) is 44.9 Å². The fraction of sp³-hybridized carbons (Fsp3) is 0.800. The second-order valence-corrected chi connectivity index (χ2v) is 3.87. The van der Waals surface area contributed by atoms with E-state index in [1.807, 2.05) is 11.7 Å². The molecule has 0 bridgehead atoms. The maximum Gasteiger partial charge on any atom is 0.0859 e. The van der Waals surface area contributed by atoms with Gasteiger partial charge in [-0.2, -0.15) is 0 Å².